The molecule has 0 aliphatic heterocycles. The first-order valence-corrected chi connectivity index (χ1v) is 9.42. The van der Waals surface area contributed by atoms with Gasteiger partial charge in [-0.2, -0.15) is 0 Å². The first-order chi connectivity index (χ1) is 14.8. The summed E-state index contributed by atoms with van der Waals surface area (Å²) in [5.74, 6) is -0.936. The number of halogens is 1. The summed E-state index contributed by atoms with van der Waals surface area (Å²) in [5, 5.41) is 2.48. The molecule has 3 N–H and O–H groups in total. The maximum atomic E-state index is 13.0. The second kappa shape index (κ2) is 9.62. The van der Waals surface area contributed by atoms with Crippen LogP contribution in [0.5, 0.6) is 11.5 Å². The summed E-state index contributed by atoms with van der Waals surface area (Å²) in [4.78, 5) is 39.6. The van der Waals surface area contributed by atoms with Gasteiger partial charge in [0.1, 0.15) is 23.0 Å². The number of benzene rings is 2. The van der Waals surface area contributed by atoms with Crippen LogP contribution in [0.4, 0.5) is 4.39 Å². The van der Waals surface area contributed by atoms with Crippen molar-refractivity contribution in [1.29, 1.82) is 0 Å². The van der Waals surface area contributed by atoms with Crippen LogP contribution in [0.2, 0.25) is 0 Å². The van der Waals surface area contributed by atoms with E-state index in [0.717, 1.165) is 5.56 Å². The topological polar surface area (TPSA) is 111 Å². The average Bonchev–Trinajstić information content (AvgIpc) is 2.75. The lowest BCUT2D eigenvalue weighted by atomic mass is 10.1. The molecular weight excluding hydrogens is 401 g/mol. The lowest BCUT2D eigenvalue weighted by Crippen LogP contribution is -2.42. The molecule has 0 saturated carbocycles. The molecule has 8 heteroatoms. The van der Waals surface area contributed by atoms with Gasteiger partial charge in [0.05, 0.1) is 18.2 Å². The van der Waals surface area contributed by atoms with Crippen LogP contribution >= 0.6 is 0 Å². The molecular formula is C23H20FN3O4. The number of pyridine rings is 1. The van der Waals surface area contributed by atoms with E-state index in [0.29, 0.717) is 17.2 Å². The van der Waals surface area contributed by atoms with Gasteiger partial charge in [0.25, 0.3) is 5.91 Å². The fourth-order valence-corrected chi connectivity index (χ4v) is 2.78. The van der Waals surface area contributed by atoms with E-state index in [4.69, 9.17) is 10.5 Å². The maximum Gasteiger partial charge on any atom is 0.270 e. The van der Waals surface area contributed by atoms with Gasteiger partial charge in [-0.15, -0.1) is 0 Å². The van der Waals surface area contributed by atoms with Crippen molar-refractivity contribution in [2.45, 2.75) is 19.4 Å². The van der Waals surface area contributed by atoms with Crippen LogP contribution in [0.25, 0.3) is 11.3 Å². The Hall–Kier alpha value is -4.07. The van der Waals surface area contributed by atoms with Gasteiger partial charge in [-0.05, 0) is 67.6 Å². The summed E-state index contributed by atoms with van der Waals surface area (Å²) in [6.07, 6.45) is -0.281. The second-order valence-corrected chi connectivity index (χ2v) is 6.80. The minimum atomic E-state index is -1.00. The van der Waals surface area contributed by atoms with Crippen molar-refractivity contribution in [3.8, 4) is 22.8 Å². The zero-order chi connectivity index (χ0) is 22.4. The minimum absolute atomic E-state index is 0.0971. The molecule has 1 atom stereocenters. The van der Waals surface area contributed by atoms with E-state index in [1.54, 1.807) is 36.4 Å². The van der Waals surface area contributed by atoms with Crippen LogP contribution in [0.3, 0.4) is 0 Å². The number of nitrogens with one attached hydrogen (secondary N) is 1. The van der Waals surface area contributed by atoms with Gasteiger partial charge in [-0.3, -0.25) is 14.4 Å². The highest BCUT2D eigenvalue weighted by Crippen LogP contribution is 2.25. The summed E-state index contributed by atoms with van der Waals surface area (Å²) in [7, 11) is 0. The molecule has 0 spiro atoms. The molecule has 0 bridgehead atoms. The number of hydrogen-bond donors (Lipinski definition) is 2. The van der Waals surface area contributed by atoms with Gasteiger partial charge < -0.3 is 15.8 Å². The lowest BCUT2D eigenvalue weighted by molar-refractivity contribution is -0.124. The standard InChI is InChI=1S/C23H20FN3O4/c1-14(28)21(13-22(25)29)27-23(30)20-4-2-3-19(26-20)15-5-9-17(10-6-15)31-18-11-7-16(24)8-12-18/h2-12,21H,13H2,1H3,(H2,25,29)(H,27,30)/t21-/m0/s1. The number of hydrogen-bond acceptors (Lipinski definition) is 5. The Labute approximate surface area is 178 Å². The summed E-state index contributed by atoms with van der Waals surface area (Å²) >= 11 is 0. The monoisotopic (exact) mass is 421 g/mol. The molecule has 2 amide bonds. The fraction of sp³-hybridized carbons (Fsp3) is 0.130. The molecule has 2 aromatic carbocycles. The number of ketones is 1. The molecule has 7 nitrogen and oxygen atoms in total. The molecule has 31 heavy (non-hydrogen) atoms. The van der Waals surface area contributed by atoms with E-state index >= 15 is 0 Å². The Morgan fingerprint density at radius 2 is 1.61 bits per heavy atom. The molecule has 0 fully saturated rings. The average molecular weight is 421 g/mol. The van der Waals surface area contributed by atoms with Crippen molar-refractivity contribution in [2.75, 3.05) is 0 Å². The third kappa shape index (κ3) is 5.96. The third-order valence-electron chi connectivity index (χ3n) is 4.38. The van der Waals surface area contributed by atoms with Crippen molar-refractivity contribution in [3.05, 3.63) is 78.2 Å². The zero-order valence-electron chi connectivity index (χ0n) is 16.7. The molecule has 158 valence electrons. The van der Waals surface area contributed by atoms with Crippen LogP contribution in [-0.4, -0.2) is 28.6 Å². The summed E-state index contributed by atoms with van der Waals surface area (Å²) in [5.41, 5.74) is 6.50. The van der Waals surface area contributed by atoms with Gasteiger partial charge in [0, 0.05) is 5.56 Å². The van der Waals surface area contributed by atoms with Crippen LogP contribution in [-0.2, 0) is 9.59 Å². The molecule has 0 aliphatic rings. The van der Waals surface area contributed by atoms with Gasteiger partial charge in [-0.25, -0.2) is 9.37 Å². The number of aromatic nitrogens is 1. The molecule has 0 aliphatic carbocycles. The predicted molar refractivity (Wildman–Crippen MR) is 112 cm³/mol. The molecule has 1 heterocycles. The number of amides is 2. The van der Waals surface area contributed by atoms with Gasteiger partial charge in [0.2, 0.25) is 5.91 Å². The van der Waals surface area contributed by atoms with Crippen molar-refractivity contribution in [2.24, 2.45) is 5.73 Å². The van der Waals surface area contributed by atoms with Gasteiger partial charge in [0.15, 0.2) is 5.78 Å². The van der Waals surface area contributed by atoms with Crippen LogP contribution < -0.4 is 15.8 Å². The molecule has 3 rings (SSSR count). The van der Waals surface area contributed by atoms with Crippen molar-refractivity contribution >= 4 is 17.6 Å². The summed E-state index contributed by atoms with van der Waals surface area (Å²) in [6, 6.07) is 16.6. The van der Waals surface area contributed by atoms with Crippen molar-refractivity contribution < 1.29 is 23.5 Å². The predicted octanol–water partition coefficient (Wildman–Crippen LogP) is 3.24. The number of carbonyl (C=O) groups excluding carboxylic acids is 3. The number of carbonyl (C=O) groups is 3. The summed E-state index contributed by atoms with van der Waals surface area (Å²) < 4.78 is 18.7. The first-order valence-electron chi connectivity index (χ1n) is 9.42. The Morgan fingerprint density at radius 1 is 1.00 bits per heavy atom. The smallest absolute Gasteiger partial charge is 0.270 e. The molecule has 0 unspecified atom stereocenters. The Balaban J connectivity index is 1.73. The van der Waals surface area contributed by atoms with E-state index in [1.807, 2.05) is 0 Å². The minimum Gasteiger partial charge on any atom is -0.457 e. The van der Waals surface area contributed by atoms with E-state index in [1.165, 1.54) is 37.3 Å². The quantitative estimate of drug-likeness (QED) is 0.580. The number of ether oxygens (including phenoxy) is 1. The van der Waals surface area contributed by atoms with E-state index < -0.39 is 17.9 Å². The fourth-order valence-electron chi connectivity index (χ4n) is 2.78. The second-order valence-electron chi connectivity index (χ2n) is 6.80. The lowest BCUT2D eigenvalue weighted by Gasteiger charge is -2.14. The number of rotatable bonds is 8. The van der Waals surface area contributed by atoms with Crippen LogP contribution in [0, 0.1) is 5.82 Å². The molecule has 1 aromatic heterocycles. The zero-order valence-corrected chi connectivity index (χ0v) is 16.7. The van der Waals surface area contributed by atoms with E-state index in [-0.39, 0.29) is 23.7 Å². The normalized spacial score (nSPS) is 11.4. The first kappa shape index (κ1) is 21.6. The maximum absolute atomic E-state index is 13.0. The van der Waals surface area contributed by atoms with Crippen molar-refractivity contribution in [3.63, 3.8) is 0 Å². The summed E-state index contributed by atoms with van der Waals surface area (Å²) in [6.45, 7) is 1.27. The highest BCUT2D eigenvalue weighted by atomic mass is 19.1. The SMILES string of the molecule is CC(=O)[C@H](CC(N)=O)NC(=O)c1cccc(-c2ccc(Oc3ccc(F)cc3)cc2)n1. The van der Waals surface area contributed by atoms with Gasteiger partial charge in [-0.1, -0.05) is 6.07 Å². The highest BCUT2D eigenvalue weighted by molar-refractivity contribution is 5.97. The number of nitrogens with zero attached hydrogens (tertiary/aromatic N) is 1. The highest BCUT2D eigenvalue weighted by Gasteiger charge is 2.21. The molecule has 3 aromatic rings. The third-order valence-corrected chi connectivity index (χ3v) is 4.38. The number of primary amides is 1. The van der Waals surface area contributed by atoms with E-state index in [2.05, 4.69) is 10.3 Å². The molecule has 0 saturated heterocycles. The van der Waals surface area contributed by atoms with Gasteiger partial charge >= 0.3 is 0 Å². The van der Waals surface area contributed by atoms with E-state index in [9.17, 15) is 18.8 Å². The van der Waals surface area contributed by atoms with Crippen molar-refractivity contribution in [1.82, 2.24) is 10.3 Å². The Bertz CT molecular complexity index is 1100. The van der Waals surface area contributed by atoms with Crippen LogP contribution in [0.1, 0.15) is 23.8 Å². The largest absolute Gasteiger partial charge is 0.457 e. The Kier molecular flexibility index (Phi) is 6.71. The Morgan fingerprint density at radius 3 is 2.19 bits per heavy atom. The van der Waals surface area contributed by atoms with Crippen LogP contribution in [0.15, 0.2) is 66.7 Å². The molecule has 0 radical (unpaired) electrons. The number of nitrogens with two attached hydrogens (primary N) is 1. The number of Topliss-reactive ketones (excluding diaryl/α,β-unsaturated/α-hetero) is 1.